The summed E-state index contributed by atoms with van der Waals surface area (Å²) in [5, 5.41) is 5.05. The minimum absolute atomic E-state index is 0.0319. The minimum atomic E-state index is 0.0319. The summed E-state index contributed by atoms with van der Waals surface area (Å²) in [6.07, 6.45) is 1.88. The Morgan fingerprint density at radius 2 is 0.891 bits per heavy atom. The maximum absolute atomic E-state index is 4.82. The van der Waals surface area contributed by atoms with Crippen molar-refractivity contribution in [1.29, 1.82) is 0 Å². The molecule has 5 aromatic carbocycles. The van der Waals surface area contributed by atoms with Crippen LogP contribution >= 0.6 is 0 Å². The van der Waals surface area contributed by atoms with E-state index in [2.05, 4.69) is 166 Å². The molecule has 0 saturated carbocycles. The van der Waals surface area contributed by atoms with Gasteiger partial charge < -0.3 is 9.13 Å². The second kappa shape index (κ2) is 10.2. The third-order valence-electron chi connectivity index (χ3n) is 9.46. The molecule has 0 radical (unpaired) electrons. The van der Waals surface area contributed by atoms with Gasteiger partial charge >= 0.3 is 0 Å². The van der Waals surface area contributed by atoms with Crippen LogP contribution in [0.5, 0.6) is 0 Å². The zero-order chi connectivity index (χ0) is 31.8. The van der Waals surface area contributed by atoms with E-state index in [-0.39, 0.29) is 10.8 Å². The fraction of sp³-hybridized carbons (Fsp3) is 0.186. The summed E-state index contributed by atoms with van der Waals surface area (Å²) in [4.78, 5) is 4.82. The van der Waals surface area contributed by atoms with Crippen LogP contribution in [0.25, 0.3) is 66.2 Å². The van der Waals surface area contributed by atoms with Gasteiger partial charge in [0, 0.05) is 44.7 Å². The smallest absolute Gasteiger partial charge is 0.0703 e. The molecule has 0 bridgehead atoms. The minimum Gasteiger partial charge on any atom is -0.309 e. The molecule has 226 valence electrons. The first-order chi connectivity index (χ1) is 22.1. The Hall–Kier alpha value is -5.15. The summed E-state index contributed by atoms with van der Waals surface area (Å²) in [5.74, 6) is 0. The van der Waals surface area contributed by atoms with Gasteiger partial charge in [-0.25, -0.2) is 0 Å². The molecule has 0 fully saturated rings. The lowest BCUT2D eigenvalue weighted by molar-refractivity contribution is 0.590. The third kappa shape index (κ3) is 4.53. The summed E-state index contributed by atoms with van der Waals surface area (Å²) in [5.41, 5.74) is 11.8. The van der Waals surface area contributed by atoms with Gasteiger partial charge in [-0.05, 0) is 76.6 Å². The van der Waals surface area contributed by atoms with Gasteiger partial charge in [-0.3, -0.25) is 4.98 Å². The van der Waals surface area contributed by atoms with E-state index in [0.29, 0.717) is 0 Å². The standard InChI is InChI=1S/C43H39N3/c1-42(2,3)29-18-20-35-33-13-7-9-16-38(33)45(40(35)25-29)31-23-28(37-15-11-12-22-44-37)24-32(27-31)46-39-17-10-8-14-34(39)36-21-19-30(26-41(36)46)43(4,5)6/h7-27H,1-6H3. The zero-order valence-corrected chi connectivity index (χ0v) is 27.5. The molecule has 3 heteroatoms. The van der Waals surface area contributed by atoms with Gasteiger partial charge in [0.25, 0.3) is 0 Å². The monoisotopic (exact) mass is 597 g/mol. The number of fused-ring (bicyclic) bond motifs is 6. The number of hydrogen-bond donors (Lipinski definition) is 0. The molecular weight excluding hydrogens is 558 g/mol. The highest BCUT2D eigenvalue weighted by Crippen LogP contribution is 2.39. The lowest BCUT2D eigenvalue weighted by Crippen LogP contribution is -2.11. The van der Waals surface area contributed by atoms with E-state index < -0.39 is 0 Å². The average Bonchev–Trinajstić information content (AvgIpc) is 3.56. The lowest BCUT2D eigenvalue weighted by Gasteiger charge is -2.20. The van der Waals surface area contributed by atoms with Crippen LogP contribution in [0, 0.1) is 0 Å². The molecule has 46 heavy (non-hydrogen) atoms. The van der Waals surface area contributed by atoms with Crippen molar-refractivity contribution in [2.24, 2.45) is 0 Å². The number of pyridine rings is 1. The molecule has 8 aromatic rings. The van der Waals surface area contributed by atoms with Gasteiger partial charge in [-0.1, -0.05) is 108 Å². The van der Waals surface area contributed by atoms with E-state index in [1.54, 1.807) is 0 Å². The predicted molar refractivity (Wildman–Crippen MR) is 196 cm³/mol. The predicted octanol–water partition coefficient (Wildman–Crippen LogP) is 11.5. The first-order valence-corrected chi connectivity index (χ1v) is 16.2. The molecule has 0 aliphatic heterocycles. The molecule has 0 N–H and O–H groups in total. The molecular formula is C43H39N3. The summed E-state index contributed by atoms with van der Waals surface area (Å²) >= 11 is 0. The molecule has 3 nitrogen and oxygen atoms in total. The van der Waals surface area contributed by atoms with Gasteiger partial charge in [-0.15, -0.1) is 0 Å². The Kier molecular flexibility index (Phi) is 6.27. The molecule has 3 heterocycles. The molecule has 0 spiro atoms. The van der Waals surface area contributed by atoms with E-state index in [1.165, 1.54) is 54.7 Å². The molecule has 3 aromatic heterocycles. The Balaban J connectivity index is 1.50. The second-order valence-corrected chi connectivity index (χ2v) is 14.6. The van der Waals surface area contributed by atoms with E-state index in [0.717, 1.165) is 22.6 Å². The van der Waals surface area contributed by atoms with E-state index >= 15 is 0 Å². The van der Waals surface area contributed by atoms with E-state index in [1.807, 2.05) is 12.3 Å². The van der Waals surface area contributed by atoms with Crippen LogP contribution in [-0.2, 0) is 10.8 Å². The molecule has 0 atom stereocenters. The van der Waals surface area contributed by atoms with E-state index in [4.69, 9.17) is 4.98 Å². The Bertz CT molecular complexity index is 2280. The largest absolute Gasteiger partial charge is 0.309 e. The first-order valence-electron chi connectivity index (χ1n) is 16.2. The third-order valence-corrected chi connectivity index (χ3v) is 9.46. The van der Waals surface area contributed by atoms with Gasteiger partial charge in [0.1, 0.15) is 0 Å². The summed E-state index contributed by atoms with van der Waals surface area (Å²) in [7, 11) is 0. The summed E-state index contributed by atoms with van der Waals surface area (Å²) in [6.45, 7) is 13.7. The van der Waals surface area contributed by atoms with Gasteiger partial charge in [0.2, 0.25) is 0 Å². The average molecular weight is 598 g/mol. The SMILES string of the molecule is CC(C)(C)c1ccc2c3ccccc3n(-c3cc(-c4ccccn4)cc(-n4c5ccccc5c5ccc(C(C)(C)C)cc54)c3)c2c1. The van der Waals surface area contributed by atoms with Crippen molar-refractivity contribution in [1.82, 2.24) is 14.1 Å². The number of nitrogens with zero attached hydrogens (tertiary/aromatic N) is 3. The summed E-state index contributed by atoms with van der Waals surface area (Å²) in [6, 6.07) is 44.6. The van der Waals surface area contributed by atoms with Crippen LogP contribution in [0.3, 0.4) is 0 Å². The van der Waals surface area contributed by atoms with Crippen LogP contribution < -0.4 is 0 Å². The maximum Gasteiger partial charge on any atom is 0.0703 e. The molecule has 0 aliphatic rings. The quantitative estimate of drug-likeness (QED) is 0.199. The second-order valence-electron chi connectivity index (χ2n) is 14.6. The topological polar surface area (TPSA) is 22.8 Å². The number of hydrogen-bond acceptors (Lipinski definition) is 1. The number of para-hydroxylation sites is 2. The first kappa shape index (κ1) is 28.3. The molecule has 0 amide bonds. The highest BCUT2D eigenvalue weighted by molar-refractivity contribution is 6.11. The van der Waals surface area contributed by atoms with Crippen molar-refractivity contribution >= 4 is 43.6 Å². The lowest BCUT2D eigenvalue weighted by atomic mass is 9.86. The molecule has 0 saturated heterocycles. The number of rotatable bonds is 3. The van der Waals surface area contributed by atoms with Crippen molar-refractivity contribution < 1.29 is 0 Å². The Morgan fingerprint density at radius 1 is 0.435 bits per heavy atom. The highest BCUT2D eigenvalue weighted by Gasteiger charge is 2.21. The molecule has 0 unspecified atom stereocenters. The van der Waals surface area contributed by atoms with E-state index in [9.17, 15) is 0 Å². The van der Waals surface area contributed by atoms with Crippen LogP contribution in [0.4, 0.5) is 0 Å². The van der Waals surface area contributed by atoms with Crippen molar-refractivity contribution in [3.63, 3.8) is 0 Å². The zero-order valence-electron chi connectivity index (χ0n) is 27.5. The normalized spacial score (nSPS) is 12.6. The van der Waals surface area contributed by atoms with Gasteiger partial charge in [0.15, 0.2) is 0 Å². The number of aromatic nitrogens is 3. The van der Waals surface area contributed by atoms with Crippen molar-refractivity contribution in [2.45, 2.75) is 52.4 Å². The van der Waals surface area contributed by atoms with Gasteiger partial charge in [-0.2, -0.15) is 0 Å². The highest BCUT2D eigenvalue weighted by atomic mass is 15.0. The van der Waals surface area contributed by atoms with Gasteiger partial charge in [0.05, 0.1) is 27.8 Å². The Morgan fingerprint density at radius 3 is 1.35 bits per heavy atom. The fourth-order valence-electron chi connectivity index (χ4n) is 6.97. The number of benzene rings is 5. The van der Waals surface area contributed by atoms with Crippen LogP contribution in [0.1, 0.15) is 52.7 Å². The van der Waals surface area contributed by atoms with Crippen LogP contribution in [0.2, 0.25) is 0 Å². The van der Waals surface area contributed by atoms with Crippen molar-refractivity contribution in [3.05, 3.63) is 139 Å². The summed E-state index contributed by atoms with van der Waals surface area (Å²) < 4.78 is 4.90. The Labute approximate surface area is 270 Å². The van der Waals surface area contributed by atoms with Crippen LogP contribution in [-0.4, -0.2) is 14.1 Å². The molecule has 0 aliphatic carbocycles. The van der Waals surface area contributed by atoms with Crippen LogP contribution in [0.15, 0.2) is 128 Å². The molecule has 8 rings (SSSR count). The van der Waals surface area contributed by atoms with Crippen molar-refractivity contribution in [3.8, 4) is 22.6 Å². The maximum atomic E-state index is 4.82. The van der Waals surface area contributed by atoms with Crippen molar-refractivity contribution in [2.75, 3.05) is 0 Å². The fourth-order valence-corrected chi connectivity index (χ4v) is 6.97.